The van der Waals surface area contributed by atoms with Crippen LogP contribution in [0.5, 0.6) is 0 Å². The molecule has 17 N–H and O–H groups in total. The summed E-state index contributed by atoms with van der Waals surface area (Å²) >= 11 is 12.6. The van der Waals surface area contributed by atoms with Crippen LogP contribution < -0.4 is 70.4 Å². The van der Waals surface area contributed by atoms with Gasteiger partial charge in [-0.25, -0.2) is 0 Å². The van der Waals surface area contributed by atoms with Gasteiger partial charge in [0.1, 0.15) is 54.8 Å². The predicted octanol–water partition coefficient (Wildman–Crippen LogP) is -2.05. The topological polar surface area (TPSA) is 456 Å². The van der Waals surface area contributed by atoms with Crippen LogP contribution in [0, 0.1) is 0 Å². The number of carbonyl (C=O) groups excluding carboxylic acids is 10. The van der Waals surface area contributed by atoms with E-state index in [0.717, 1.165) is 0 Å². The lowest BCUT2D eigenvalue weighted by Crippen LogP contribution is -2.60. The average molecular weight is 1380 g/mol. The van der Waals surface area contributed by atoms with Crippen LogP contribution in [-0.2, 0) is 78.1 Å². The molecular weight excluding hydrogens is 1280 g/mol. The molecule has 0 fully saturated rings. The van der Waals surface area contributed by atoms with Gasteiger partial charge in [-0.05, 0) is 51.1 Å². The average Bonchev–Trinajstić information content (AvgIpc) is 1.27. The molecule has 10 amide bonds. The summed E-state index contributed by atoms with van der Waals surface area (Å²) in [5.41, 5.74) is 17.3. The van der Waals surface area contributed by atoms with E-state index in [9.17, 15) is 57.8 Å². The van der Waals surface area contributed by atoms with Crippen molar-refractivity contribution in [2.24, 2.45) is 22.2 Å². The summed E-state index contributed by atoms with van der Waals surface area (Å²) in [6.45, 7) is 14.8. The van der Waals surface area contributed by atoms with E-state index < -0.39 is 130 Å². The van der Waals surface area contributed by atoms with Crippen molar-refractivity contribution < 1.29 is 76.8 Å². The smallest absolute Gasteiger partial charge is 0.305 e. The van der Waals surface area contributed by atoms with Gasteiger partial charge in [-0.2, -0.15) is 36.2 Å². The highest BCUT2D eigenvalue weighted by atomic mass is 35.5. The van der Waals surface area contributed by atoms with Gasteiger partial charge in [0.05, 0.1) is 52.6 Å². The number of carbonyl (C=O) groups is 11. The van der Waals surface area contributed by atoms with Crippen molar-refractivity contribution in [1.29, 1.82) is 0 Å². The van der Waals surface area contributed by atoms with Crippen LogP contribution in [0.4, 0.5) is 0 Å². The Hall–Kier alpha value is -6.20. The molecule has 34 heteroatoms. The van der Waals surface area contributed by atoms with Gasteiger partial charge >= 0.3 is 5.97 Å². The number of ether oxygens (including phenoxy) is 4. The lowest BCUT2D eigenvalue weighted by molar-refractivity contribution is -0.141. The van der Waals surface area contributed by atoms with Gasteiger partial charge in [-0.15, -0.1) is 11.6 Å². The standard InChI is InChI=1S/C58H99ClN14O16S3/c1-8-86-33-47(76)63-21-23-87-25-27-89-28-26-88-24-22-64-50(80)42(34-90)71-52(82)40(29-37-15-10-9-11-16-37)70-55(85)44(36-92-58(5,6)7)73-53(83)41(30-48(77)78)68-46(75)32-66-49(79)38(18-14-20-65-56(61)62)69-54(84)43(35-91-57(2,3)4)72-51(81)39(17-12-13-19-60)67-45(74)31-59/h9-11,15-16,38-44,90H,8,12-14,17-36,60H2,1-7H3,(H,63,76)(H,64,80)(H,66,79)(H,67,74)(H,68,75)(H,69,84)(H,70,85)(H,71,82)(H,72,81)(H,73,83)(H,77,78)(H4,61,62,65)/t38-,39-,40-,41-,42-,43-,44-/m0/s1. The van der Waals surface area contributed by atoms with Crippen molar-refractivity contribution in [3.63, 3.8) is 0 Å². The van der Waals surface area contributed by atoms with Crippen LogP contribution in [0.3, 0.4) is 0 Å². The minimum absolute atomic E-state index is 0.0134. The molecule has 7 atom stereocenters. The highest BCUT2D eigenvalue weighted by molar-refractivity contribution is 8.00. The fraction of sp³-hybridized carbons (Fsp3) is 0.690. The molecule has 92 heavy (non-hydrogen) atoms. The zero-order chi connectivity index (χ0) is 69.1. The third-order valence-electron chi connectivity index (χ3n) is 12.4. The first-order valence-corrected chi connectivity index (χ1v) is 33.4. The van der Waals surface area contributed by atoms with Gasteiger partial charge in [0, 0.05) is 59.4 Å². The van der Waals surface area contributed by atoms with E-state index in [-0.39, 0.29) is 101 Å². The first-order chi connectivity index (χ1) is 43.5. The zero-order valence-corrected chi connectivity index (χ0v) is 57.1. The third kappa shape index (κ3) is 40.7. The highest BCUT2D eigenvalue weighted by Crippen LogP contribution is 2.25. The largest absolute Gasteiger partial charge is 0.481 e. The second-order valence-electron chi connectivity index (χ2n) is 22.6. The Morgan fingerprint density at radius 3 is 1.55 bits per heavy atom. The van der Waals surface area contributed by atoms with Crippen molar-refractivity contribution in [2.75, 3.05) is 109 Å². The molecule has 0 saturated heterocycles. The number of hydrogen-bond donors (Lipinski definition) is 15. The molecule has 522 valence electrons. The number of alkyl halides is 1. The Bertz CT molecular complexity index is 2480. The fourth-order valence-electron chi connectivity index (χ4n) is 7.75. The maximum Gasteiger partial charge on any atom is 0.305 e. The molecule has 0 aromatic heterocycles. The number of nitrogens with two attached hydrogens (primary N) is 3. The Labute approximate surface area is 558 Å². The van der Waals surface area contributed by atoms with Crippen LogP contribution in [0.2, 0.25) is 0 Å². The summed E-state index contributed by atoms with van der Waals surface area (Å²) in [6.07, 6.45) is 0.179. The molecule has 0 bridgehead atoms. The quantitative estimate of drug-likeness (QED) is 0.0110. The molecule has 0 aliphatic carbocycles. The summed E-state index contributed by atoms with van der Waals surface area (Å²) in [4.78, 5) is 151. The molecule has 1 rings (SSSR count). The number of aliphatic carboxylic acids is 1. The number of carboxylic acid groups (broad SMARTS) is 1. The minimum Gasteiger partial charge on any atom is -0.481 e. The molecule has 0 saturated carbocycles. The number of aliphatic imine (C=N–C) groups is 1. The van der Waals surface area contributed by atoms with E-state index in [2.05, 4.69) is 70.8 Å². The number of halogens is 1. The van der Waals surface area contributed by atoms with Crippen LogP contribution >= 0.6 is 47.8 Å². The molecule has 0 aliphatic rings. The maximum atomic E-state index is 14.4. The molecule has 1 aromatic carbocycles. The number of amides is 10. The second-order valence-corrected chi connectivity index (χ2v) is 26.9. The number of hydrogen-bond acceptors (Lipinski definition) is 20. The number of carboxylic acids is 1. The van der Waals surface area contributed by atoms with Crippen LogP contribution in [0.15, 0.2) is 35.3 Å². The van der Waals surface area contributed by atoms with Crippen molar-refractivity contribution in [3.8, 4) is 0 Å². The second kappa shape index (κ2) is 47.6. The lowest BCUT2D eigenvalue weighted by Gasteiger charge is -2.28. The van der Waals surface area contributed by atoms with Gasteiger partial charge in [0.25, 0.3) is 0 Å². The Morgan fingerprint density at radius 1 is 0.565 bits per heavy atom. The van der Waals surface area contributed by atoms with E-state index in [1.807, 2.05) is 41.5 Å². The molecule has 30 nitrogen and oxygen atoms in total. The number of guanidine groups is 1. The number of thiol groups is 1. The predicted molar refractivity (Wildman–Crippen MR) is 356 cm³/mol. The number of unbranched alkanes of at least 4 members (excludes halogenated alkanes) is 1. The van der Waals surface area contributed by atoms with Gasteiger partial charge in [-0.3, -0.25) is 57.7 Å². The van der Waals surface area contributed by atoms with E-state index in [4.69, 9.17) is 47.7 Å². The molecule has 0 radical (unpaired) electrons. The molecule has 0 unspecified atom stereocenters. The first-order valence-electron chi connectivity index (χ1n) is 30.2. The molecule has 1 aromatic rings. The summed E-state index contributed by atoms with van der Waals surface area (Å²) in [5.74, 6) is -10.0. The highest BCUT2D eigenvalue weighted by Gasteiger charge is 2.35. The Morgan fingerprint density at radius 2 is 1.03 bits per heavy atom. The van der Waals surface area contributed by atoms with E-state index in [0.29, 0.717) is 51.3 Å². The van der Waals surface area contributed by atoms with Crippen molar-refractivity contribution in [1.82, 2.24) is 53.2 Å². The summed E-state index contributed by atoms with van der Waals surface area (Å²) in [7, 11) is 0. The van der Waals surface area contributed by atoms with E-state index >= 15 is 0 Å². The van der Waals surface area contributed by atoms with Crippen molar-refractivity contribution in [3.05, 3.63) is 35.9 Å². The molecule has 0 spiro atoms. The first kappa shape index (κ1) is 83.8. The van der Waals surface area contributed by atoms with Gasteiger partial charge in [0.2, 0.25) is 59.1 Å². The van der Waals surface area contributed by atoms with Gasteiger partial charge < -0.3 is 94.4 Å². The Kier molecular flexibility index (Phi) is 43.4. The molecule has 0 heterocycles. The number of nitrogens with zero attached hydrogens (tertiary/aromatic N) is 1. The van der Waals surface area contributed by atoms with E-state index in [1.165, 1.54) is 23.5 Å². The van der Waals surface area contributed by atoms with Crippen molar-refractivity contribution in [2.45, 2.75) is 145 Å². The number of benzene rings is 1. The van der Waals surface area contributed by atoms with Crippen LogP contribution in [0.25, 0.3) is 0 Å². The number of rotatable bonds is 49. The van der Waals surface area contributed by atoms with E-state index in [1.54, 1.807) is 37.3 Å². The van der Waals surface area contributed by atoms with Crippen molar-refractivity contribution >= 4 is 119 Å². The SMILES string of the molecule is CCOCC(=O)NCCOCCOCCOCCNC(=O)[C@H](CS)NC(=O)[C@H](Cc1ccccc1)NC(=O)[C@H](CSC(C)(C)C)NC(=O)[C@H](CC(=O)O)NC(=O)CNC(=O)[C@H](CCCN=C(N)N)NC(=O)[C@H](CSC(C)(C)C)NC(=O)[C@H](CCCCN)NC(=O)CCl. The monoisotopic (exact) mass is 1380 g/mol. The zero-order valence-electron chi connectivity index (χ0n) is 53.8. The third-order valence-corrected chi connectivity index (χ3v) is 15.8. The van der Waals surface area contributed by atoms with Crippen LogP contribution in [0.1, 0.15) is 92.6 Å². The number of nitrogens with one attached hydrogen (secondary N) is 10. The maximum absolute atomic E-state index is 14.4. The molecule has 0 aliphatic heterocycles. The fourth-order valence-corrected chi connectivity index (χ4v) is 9.89. The summed E-state index contributed by atoms with van der Waals surface area (Å²) in [6, 6.07) is -0.871. The van der Waals surface area contributed by atoms with Gasteiger partial charge in [0.15, 0.2) is 5.96 Å². The number of thioether (sulfide) groups is 2. The summed E-state index contributed by atoms with van der Waals surface area (Å²) < 4.78 is 20.6. The van der Waals surface area contributed by atoms with Crippen LogP contribution in [-0.4, -0.2) is 237 Å². The minimum atomic E-state index is -1.83. The molecular formula is C58H99ClN14O16S3. The Balaban J connectivity index is 3.26. The van der Waals surface area contributed by atoms with Gasteiger partial charge in [-0.1, -0.05) is 71.9 Å². The normalized spacial score (nSPS) is 13.6. The summed E-state index contributed by atoms with van der Waals surface area (Å²) in [5, 5.41) is 35.7. The lowest BCUT2D eigenvalue weighted by atomic mass is 10.0.